The van der Waals surface area contributed by atoms with Gasteiger partial charge in [-0.25, -0.2) is 0 Å². The quantitative estimate of drug-likeness (QED) is 0.760. The zero-order chi connectivity index (χ0) is 13.0. The standard InChI is InChI=1S/C15H31N3/c1-16(2)14-9-7-11-18(12-14)13-15-8-5-4-6-10-17(15)3/h14-15H,4-13H2,1-3H3. The Kier molecular flexibility index (Phi) is 5.46. The third-order valence-electron chi connectivity index (χ3n) is 4.85. The normalized spacial score (nSPS) is 32.7. The first-order chi connectivity index (χ1) is 8.66. The fraction of sp³-hybridized carbons (Fsp3) is 1.00. The van der Waals surface area contributed by atoms with Crippen LogP contribution in [0.2, 0.25) is 0 Å². The molecule has 0 aromatic carbocycles. The first kappa shape index (κ1) is 14.3. The van der Waals surface area contributed by atoms with E-state index in [0.717, 1.165) is 12.1 Å². The van der Waals surface area contributed by atoms with Gasteiger partial charge in [-0.05, 0) is 59.9 Å². The van der Waals surface area contributed by atoms with Gasteiger partial charge in [-0.3, -0.25) is 0 Å². The summed E-state index contributed by atoms with van der Waals surface area (Å²) in [5.41, 5.74) is 0. The van der Waals surface area contributed by atoms with Crippen molar-refractivity contribution in [1.29, 1.82) is 0 Å². The molecule has 2 unspecified atom stereocenters. The molecule has 0 spiro atoms. The van der Waals surface area contributed by atoms with Gasteiger partial charge in [0.2, 0.25) is 0 Å². The number of likely N-dealkylation sites (tertiary alicyclic amines) is 2. The van der Waals surface area contributed by atoms with Crippen LogP contribution < -0.4 is 0 Å². The van der Waals surface area contributed by atoms with Crippen molar-refractivity contribution >= 4 is 0 Å². The SMILES string of the molecule is CN(C)C1CCCN(CC2CCCCCN2C)C1. The second-order valence-electron chi connectivity index (χ2n) is 6.50. The molecule has 0 radical (unpaired) electrons. The molecular formula is C15H31N3. The number of rotatable bonds is 3. The minimum absolute atomic E-state index is 0.773. The smallest absolute Gasteiger partial charge is 0.0220 e. The van der Waals surface area contributed by atoms with E-state index >= 15 is 0 Å². The number of likely N-dealkylation sites (N-methyl/N-ethyl adjacent to an activating group) is 2. The van der Waals surface area contributed by atoms with E-state index in [0.29, 0.717) is 0 Å². The first-order valence-corrected chi connectivity index (χ1v) is 7.76. The summed E-state index contributed by atoms with van der Waals surface area (Å²) in [4.78, 5) is 7.72. The van der Waals surface area contributed by atoms with E-state index in [2.05, 4.69) is 35.8 Å². The highest BCUT2D eigenvalue weighted by Crippen LogP contribution is 2.19. The van der Waals surface area contributed by atoms with Crippen molar-refractivity contribution in [2.24, 2.45) is 0 Å². The largest absolute Gasteiger partial charge is 0.305 e. The van der Waals surface area contributed by atoms with E-state index < -0.39 is 0 Å². The zero-order valence-electron chi connectivity index (χ0n) is 12.6. The molecule has 2 aliphatic rings. The van der Waals surface area contributed by atoms with Gasteiger partial charge in [0.15, 0.2) is 0 Å². The zero-order valence-corrected chi connectivity index (χ0v) is 12.6. The molecule has 0 bridgehead atoms. The molecule has 2 saturated heterocycles. The van der Waals surface area contributed by atoms with Gasteiger partial charge in [0.25, 0.3) is 0 Å². The summed E-state index contributed by atoms with van der Waals surface area (Å²) in [5.74, 6) is 0. The highest BCUT2D eigenvalue weighted by atomic mass is 15.2. The maximum absolute atomic E-state index is 2.71. The first-order valence-electron chi connectivity index (χ1n) is 7.76. The molecule has 0 amide bonds. The third-order valence-corrected chi connectivity index (χ3v) is 4.85. The molecule has 0 aromatic rings. The lowest BCUT2D eigenvalue weighted by molar-refractivity contribution is 0.0988. The van der Waals surface area contributed by atoms with Crippen LogP contribution in [0.25, 0.3) is 0 Å². The lowest BCUT2D eigenvalue weighted by Gasteiger charge is -2.39. The fourth-order valence-electron chi connectivity index (χ4n) is 3.47. The molecule has 2 heterocycles. The summed E-state index contributed by atoms with van der Waals surface area (Å²) < 4.78 is 0. The molecule has 2 fully saturated rings. The van der Waals surface area contributed by atoms with Crippen molar-refractivity contribution in [3.05, 3.63) is 0 Å². The van der Waals surface area contributed by atoms with Crippen molar-refractivity contribution in [3.8, 4) is 0 Å². The monoisotopic (exact) mass is 253 g/mol. The van der Waals surface area contributed by atoms with E-state index in [1.165, 1.54) is 64.7 Å². The van der Waals surface area contributed by atoms with Gasteiger partial charge in [-0.15, -0.1) is 0 Å². The van der Waals surface area contributed by atoms with Crippen LogP contribution in [0.15, 0.2) is 0 Å². The molecule has 2 aliphatic heterocycles. The Morgan fingerprint density at radius 2 is 1.83 bits per heavy atom. The average molecular weight is 253 g/mol. The number of piperidine rings is 1. The molecule has 2 atom stereocenters. The van der Waals surface area contributed by atoms with Gasteiger partial charge in [0.1, 0.15) is 0 Å². The Hall–Kier alpha value is -0.120. The van der Waals surface area contributed by atoms with E-state index in [4.69, 9.17) is 0 Å². The highest BCUT2D eigenvalue weighted by Gasteiger charge is 2.25. The summed E-state index contributed by atoms with van der Waals surface area (Å²) in [6.07, 6.45) is 8.41. The highest BCUT2D eigenvalue weighted by molar-refractivity contribution is 4.82. The molecule has 3 heteroatoms. The van der Waals surface area contributed by atoms with Crippen LogP contribution >= 0.6 is 0 Å². The van der Waals surface area contributed by atoms with Crippen LogP contribution in [0.4, 0.5) is 0 Å². The topological polar surface area (TPSA) is 9.72 Å². The Bertz CT molecular complexity index is 242. The second-order valence-corrected chi connectivity index (χ2v) is 6.50. The van der Waals surface area contributed by atoms with Gasteiger partial charge >= 0.3 is 0 Å². The minimum atomic E-state index is 0.773. The molecule has 0 aliphatic carbocycles. The van der Waals surface area contributed by atoms with Crippen molar-refractivity contribution in [1.82, 2.24) is 14.7 Å². The van der Waals surface area contributed by atoms with Gasteiger partial charge in [-0.2, -0.15) is 0 Å². The Labute approximate surface area is 113 Å². The second kappa shape index (κ2) is 6.88. The number of nitrogens with zero attached hydrogens (tertiary/aromatic N) is 3. The summed E-state index contributed by atoms with van der Waals surface area (Å²) in [5, 5.41) is 0. The average Bonchev–Trinajstić information content (AvgIpc) is 2.55. The van der Waals surface area contributed by atoms with E-state index in [1.807, 2.05) is 0 Å². The van der Waals surface area contributed by atoms with Gasteiger partial charge in [-0.1, -0.05) is 12.8 Å². The number of hydrogen-bond donors (Lipinski definition) is 0. The number of hydrogen-bond acceptors (Lipinski definition) is 3. The molecule has 0 aromatic heterocycles. The Morgan fingerprint density at radius 3 is 2.61 bits per heavy atom. The maximum Gasteiger partial charge on any atom is 0.0220 e. The summed E-state index contributed by atoms with van der Waals surface area (Å²) in [6, 6.07) is 1.57. The lowest BCUT2D eigenvalue weighted by atomic mass is 10.0. The lowest BCUT2D eigenvalue weighted by Crippen LogP contribution is -2.49. The Balaban J connectivity index is 1.83. The summed E-state index contributed by atoms with van der Waals surface area (Å²) in [6.45, 7) is 5.18. The fourth-order valence-corrected chi connectivity index (χ4v) is 3.47. The summed E-state index contributed by atoms with van der Waals surface area (Å²) in [7, 11) is 6.78. The predicted molar refractivity (Wildman–Crippen MR) is 78.0 cm³/mol. The van der Waals surface area contributed by atoms with Gasteiger partial charge in [0, 0.05) is 25.2 Å². The van der Waals surface area contributed by atoms with Crippen LogP contribution in [0.3, 0.4) is 0 Å². The van der Waals surface area contributed by atoms with Crippen molar-refractivity contribution in [3.63, 3.8) is 0 Å². The van der Waals surface area contributed by atoms with E-state index in [-0.39, 0.29) is 0 Å². The van der Waals surface area contributed by atoms with Crippen molar-refractivity contribution in [2.45, 2.75) is 50.6 Å². The third kappa shape index (κ3) is 3.94. The molecule has 3 nitrogen and oxygen atoms in total. The van der Waals surface area contributed by atoms with Crippen molar-refractivity contribution in [2.75, 3.05) is 47.3 Å². The van der Waals surface area contributed by atoms with Gasteiger partial charge in [0.05, 0.1) is 0 Å². The summed E-state index contributed by atoms with van der Waals surface area (Å²) >= 11 is 0. The Morgan fingerprint density at radius 1 is 1.00 bits per heavy atom. The minimum Gasteiger partial charge on any atom is -0.305 e. The molecule has 0 N–H and O–H groups in total. The molecule has 106 valence electrons. The maximum atomic E-state index is 2.71. The van der Waals surface area contributed by atoms with Crippen molar-refractivity contribution < 1.29 is 0 Å². The van der Waals surface area contributed by atoms with Crippen LogP contribution in [0.1, 0.15) is 38.5 Å². The van der Waals surface area contributed by atoms with Crippen LogP contribution in [-0.4, -0.2) is 74.1 Å². The molecule has 18 heavy (non-hydrogen) atoms. The molecule has 0 saturated carbocycles. The predicted octanol–water partition coefficient (Wildman–Crippen LogP) is 1.89. The van der Waals surface area contributed by atoms with Crippen LogP contribution in [-0.2, 0) is 0 Å². The van der Waals surface area contributed by atoms with Gasteiger partial charge < -0.3 is 14.7 Å². The molecular weight excluding hydrogens is 222 g/mol. The van der Waals surface area contributed by atoms with E-state index in [9.17, 15) is 0 Å². The molecule has 2 rings (SSSR count). The van der Waals surface area contributed by atoms with E-state index in [1.54, 1.807) is 0 Å². The van der Waals surface area contributed by atoms with Crippen LogP contribution in [0, 0.1) is 0 Å². The van der Waals surface area contributed by atoms with Crippen LogP contribution in [0.5, 0.6) is 0 Å².